The molecule has 1 N–H and O–H groups in total. The molecule has 1 heterocycles. The lowest BCUT2D eigenvalue weighted by molar-refractivity contribution is 0.119. The highest BCUT2D eigenvalue weighted by molar-refractivity contribution is 7.99. The number of nitrogens with one attached hydrogen (secondary N) is 1. The van der Waals surface area contributed by atoms with Gasteiger partial charge in [-0.05, 0) is 13.8 Å². The van der Waals surface area contributed by atoms with E-state index >= 15 is 0 Å². The van der Waals surface area contributed by atoms with E-state index in [1.807, 2.05) is 31.8 Å². The Morgan fingerprint density at radius 2 is 2.43 bits per heavy atom. The first-order valence-electron chi connectivity index (χ1n) is 7.77. The lowest BCUT2D eigenvalue weighted by atomic mass is 10.4. The van der Waals surface area contributed by atoms with Crippen LogP contribution in [0.2, 0.25) is 0 Å². The number of thiazole rings is 1. The molecule has 0 amide bonds. The molecule has 0 spiro atoms. The van der Waals surface area contributed by atoms with Crippen LogP contribution in [0.15, 0.2) is 23.0 Å². The number of aromatic nitrogens is 1. The lowest BCUT2D eigenvalue weighted by Crippen LogP contribution is -2.38. The zero-order chi connectivity index (χ0) is 17.1. The topological polar surface area (TPSA) is 49.8 Å². The SMILES string of the molecule is C=CCSCCN=C(NCC)N(C)Cc1csc(C(C)OC)n1. The first-order valence-corrected chi connectivity index (χ1v) is 9.80. The number of hydrogen-bond donors (Lipinski definition) is 1. The van der Waals surface area contributed by atoms with Crippen LogP contribution in [0, 0.1) is 0 Å². The van der Waals surface area contributed by atoms with Gasteiger partial charge in [0.25, 0.3) is 0 Å². The minimum absolute atomic E-state index is 0.0443. The maximum absolute atomic E-state index is 5.31. The van der Waals surface area contributed by atoms with E-state index in [2.05, 4.69) is 39.1 Å². The summed E-state index contributed by atoms with van der Waals surface area (Å²) >= 11 is 3.48. The fraction of sp³-hybridized carbons (Fsp3) is 0.625. The molecule has 1 atom stereocenters. The summed E-state index contributed by atoms with van der Waals surface area (Å²) in [6, 6.07) is 0. The minimum atomic E-state index is 0.0443. The van der Waals surface area contributed by atoms with Gasteiger partial charge >= 0.3 is 0 Å². The third-order valence-corrected chi connectivity index (χ3v) is 5.10. The summed E-state index contributed by atoms with van der Waals surface area (Å²) in [5.74, 6) is 2.89. The van der Waals surface area contributed by atoms with Crippen LogP contribution in [0.1, 0.15) is 30.7 Å². The van der Waals surface area contributed by atoms with Gasteiger partial charge in [0, 0.05) is 37.6 Å². The van der Waals surface area contributed by atoms with Gasteiger partial charge < -0.3 is 15.0 Å². The summed E-state index contributed by atoms with van der Waals surface area (Å²) < 4.78 is 5.31. The first-order chi connectivity index (χ1) is 11.1. The summed E-state index contributed by atoms with van der Waals surface area (Å²) in [4.78, 5) is 11.4. The van der Waals surface area contributed by atoms with Crippen LogP contribution in [0.25, 0.3) is 0 Å². The van der Waals surface area contributed by atoms with Gasteiger partial charge in [-0.15, -0.1) is 17.9 Å². The van der Waals surface area contributed by atoms with Crippen molar-refractivity contribution >= 4 is 29.1 Å². The van der Waals surface area contributed by atoms with Crippen LogP contribution in [-0.2, 0) is 11.3 Å². The van der Waals surface area contributed by atoms with E-state index in [0.717, 1.165) is 47.8 Å². The minimum Gasteiger partial charge on any atom is -0.375 e. The van der Waals surface area contributed by atoms with Crippen LogP contribution in [0.3, 0.4) is 0 Å². The third-order valence-electron chi connectivity index (χ3n) is 3.10. The molecule has 1 rings (SSSR count). The average Bonchev–Trinajstić information content (AvgIpc) is 3.01. The molecule has 0 saturated carbocycles. The molecule has 23 heavy (non-hydrogen) atoms. The Balaban J connectivity index is 2.59. The van der Waals surface area contributed by atoms with Crippen molar-refractivity contribution in [2.75, 3.05) is 38.8 Å². The molecule has 0 fully saturated rings. The molecule has 7 heteroatoms. The van der Waals surface area contributed by atoms with Crippen molar-refractivity contribution in [1.29, 1.82) is 0 Å². The van der Waals surface area contributed by atoms with Crippen molar-refractivity contribution in [3.05, 3.63) is 28.7 Å². The Hall–Kier alpha value is -1.05. The molecule has 5 nitrogen and oxygen atoms in total. The maximum Gasteiger partial charge on any atom is 0.194 e. The molecule has 0 aliphatic rings. The van der Waals surface area contributed by atoms with E-state index in [1.54, 1.807) is 18.4 Å². The van der Waals surface area contributed by atoms with Crippen LogP contribution in [-0.4, -0.2) is 54.6 Å². The van der Waals surface area contributed by atoms with E-state index in [4.69, 9.17) is 4.74 Å². The van der Waals surface area contributed by atoms with Gasteiger partial charge in [-0.2, -0.15) is 11.8 Å². The molecular formula is C16H28N4OS2. The van der Waals surface area contributed by atoms with Crippen LogP contribution < -0.4 is 5.32 Å². The van der Waals surface area contributed by atoms with Crippen molar-refractivity contribution in [1.82, 2.24) is 15.2 Å². The molecule has 0 aromatic carbocycles. The highest BCUT2D eigenvalue weighted by Gasteiger charge is 2.12. The Bertz CT molecular complexity index is 490. The molecule has 0 aliphatic carbocycles. The van der Waals surface area contributed by atoms with E-state index in [1.165, 1.54) is 0 Å². The summed E-state index contributed by atoms with van der Waals surface area (Å²) in [6.07, 6.45) is 1.97. The number of guanidine groups is 1. The number of thioether (sulfide) groups is 1. The summed E-state index contributed by atoms with van der Waals surface area (Å²) in [7, 11) is 3.75. The molecule has 1 aromatic rings. The fourth-order valence-electron chi connectivity index (χ4n) is 1.85. The lowest BCUT2D eigenvalue weighted by Gasteiger charge is -2.21. The third kappa shape index (κ3) is 7.37. The van der Waals surface area contributed by atoms with E-state index in [0.29, 0.717) is 0 Å². The second-order valence-electron chi connectivity index (χ2n) is 5.01. The van der Waals surface area contributed by atoms with Crippen molar-refractivity contribution in [3.63, 3.8) is 0 Å². The quantitative estimate of drug-likeness (QED) is 0.302. The Morgan fingerprint density at radius 1 is 1.65 bits per heavy atom. The number of methoxy groups -OCH3 is 1. The number of hydrogen-bond acceptors (Lipinski definition) is 5. The van der Waals surface area contributed by atoms with E-state index in [9.17, 15) is 0 Å². The molecule has 0 bridgehead atoms. The largest absolute Gasteiger partial charge is 0.375 e. The number of aliphatic imine (C=N–C) groups is 1. The number of ether oxygens (including phenoxy) is 1. The van der Waals surface area contributed by atoms with Crippen LogP contribution >= 0.6 is 23.1 Å². The standard InChI is InChI=1S/C16H28N4OS2/c1-6-9-22-10-8-18-16(17-7-2)20(4)11-14-12-23-15(19-14)13(3)21-5/h6,12-13H,1,7-11H2,2-5H3,(H,17,18). The van der Waals surface area contributed by atoms with Crippen molar-refractivity contribution in [3.8, 4) is 0 Å². The van der Waals surface area contributed by atoms with Gasteiger partial charge in [0.15, 0.2) is 5.96 Å². The molecule has 0 saturated heterocycles. The highest BCUT2D eigenvalue weighted by Crippen LogP contribution is 2.20. The molecule has 1 aromatic heterocycles. The van der Waals surface area contributed by atoms with Crippen molar-refractivity contribution in [2.24, 2.45) is 4.99 Å². The van der Waals surface area contributed by atoms with E-state index < -0.39 is 0 Å². The Kier molecular flexibility index (Phi) is 9.98. The van der Waals surface area contributed by atoms with Crippen LogP contribution in [0.4, 0.5) is 0 Å². The van der Waals surface area contributed by atoms with Gasteiger partial charge in [-0.25, -0.2) is 4.98 Å². The molecular weight excluding hydrogens is 328 g/mol. The second kappa shape index (κ2) is 11.5. The van der Waals surface area contributed by atoms with Gasteiger partial charge in [-0.3, -0.25) is 4.99 Å². The summed E-state index contributed by atoms with van der Waals surface area (Å²) in [5.41, 5.74) is 1.04. The van der Waals surface area contributed by atoms with Gasteiger partial charge in [0.05, 0.1) is 18.8 Å². The zero-order valence-corrected chi connectivity index (χ0v) is 16.2. The Morgan fingerprint density at radius 3 is 3.09 bits per heavy atom. The van der Waals surface area contributed by atoms with Crippen molar-refractivity contribution in [2.45, 2.75) is 26.5 Å². The Labute approximate surface area is 148 Å². The van der Waals surface area contributed by atoms with Crippen LogP contribution in [0.5, 0.6) is 0 Å². The van der Waals surface area contributed by atoms with Gasteiger partial charge in [0.1, 0.15) is 11.1 Å². The fourth-order valence-corrected chi connectivity index (χ4v) is 3.25. The molecule has 0 aliphatic heterocycles. The van der Waals surface area contributed by atoms with Gasteiger partial charge in [-0.1, -0.05) is 6.08 Å². The average molecular weight is 357 g/mol. The second-order valence-corrected chi connectivity index (χ2v) is 7.05. The maximum atomic E-state index is 5.31. The monoisotopic (exact) mass is 356 g/mol. The summed E-state index contributed by atoms with van der Waals surface area (Å²) in [6.45, 7) is 10.2. The highest BCUT2D eigenvalue weighted by atomic mass is 32.2. The molecule has 130 valence electrons. The van der Waals surface area contributed by atoms with Crippen molar-refractivity contribution < 1.29 is 4.74 Å². The normalized spacial score (nSPS) is 13.0. The van der Waals surface area contributed by atoms with E-state index in [-0.39, 0.29) is 6.10 Å². The van der Waals surface area contributed by atoms with Gasteiger partial charge in [0.2, 0.25) is 0 Å². The predicted octanol–water partition coefficient (Wildman–Crippen LogP) is 3.17. The first kappa shape index (κ1) is 20.0. The summed E-state index contributed by atoms with van der Waals surface area (Å²) in [5, 5.41) is 6.43. The number of rotatable bonds is 10. The smallest absolute Gasteiger partial charge is 0.194 e. The molecule has 0 radical (unpaired) electrons. The zero-order valence-electron chi connectivity index (χ0n) is 14.5. The number of nitrogens with zero attached hydrogens (tertiary/aromatic N) is 3. The predicted molar refractivity (Wildman–Crippen MR) is 103 cm³/mol. The molecule has 1 unspecified atom stereocenters.